The molecular weight excluding hydrogens is 270 g/mol. The molecule has 0 saturated carbocycles. The summed E-state index contributed by atoms with van der Waals surface area (Å²) >= 11 is 4.08. The van der Waals surface area contributed by atoms with Crippen LogP contribution >= 0.6 is 12.6 Å². The quantitative estimate of drug-likeness (QED) is 0.834. The zero-order valence-corrected chi connectivity index (χ0v) is 13.1. The van der Waals surface area contributed by atoms with Gasteiger partial charge in [-0.3, -0.25) is 4.79 Å². The fourth-order valence-electron chi connectivity index (χ4n) is 2.41. The number of carbonyl (C=O) groups excluding carboxylic acids is 1. The van der Waals surface area contributed by atoms with E-state index in [1.807, 2.05) is 6.07 Å². The van der Waals surface area contributed by atoms with Crippen LogP contribution in [0.4, 0.5) is 11.4 Å². The summed E-state index contributed by atoms with van der Waals surface area (Å²) in [5.74, 6) is 0.595. The number of benzene rings is 1. The Kier molecular flexibility index (Phi) is 5.31. The van der Waals surface area contributed by atoms with E-state index in [4.69, 9.17) is 0 Å². The molecule has 0 unspecified atom stereocenters. The predicted octanol–water partition coefficient (Wildman–Crippen LogP) is 2.01. The van der Waals surface area contributed by atoms with Crippen molar-refractivity contribution in [3.8, 4) is 0 Å². The van der Waals surface area contributed by atoms with Gasteiger partial charge in [0, 0.05) is 44.0 Å². The lowest BCUT2D eigenvalue weighted by molar-refractivity contribution is -0.115. The van der Waals surface area contributed by atoms with Gasteiger partial charge in [0.15, 0.2) is 0 Å². The van der Waals surface area contributed by atoms with E-state index in [1.54, 1.807) is 0 Å². The number of anilines is 2. The summed E-state index contributed by atoms with van der Waals surface area (Å²) in [6.07, 6.45) is 0.445. The van der Waals surface area contributed by atoms with Crippen LogP contribution in [0.15, 0.2) is 18.2 Å². The van der Waals surface area contributed by atoms with E-state index >= 15 is 0 Å². The monoisotopic (exact) mass is 293 g/mol. The maximum atomic E-state index is 11.7. The maximum Gasteiger partial charge on any atom is 0.225 e. The zero-order chi connectivity index (χ0) is 14.5. The Morgan fingerprint density at radius 2 is 1.95 bits per heavy atom. The fourth-order valence-corrected chi connectivity index (χ4v) is 2.61. The van der Waals surface area contributed by atoms with E-state index in [0.29, 0.717) is 12.2 Å². The number of piperazine rings is 1. The zero-order valence-electron chi connectivity index (χ0n) is 12.2. The number of nitrogens with one attached hydrogen (secondary N) is 1. The molecule has 2 rings (SSSR count). The molecule has 4 nitrogen and oxygen atoms in total. The molecule has 0 atom stereocenters. The van der Waals surface area contributed by atoms with Gasteiger partial charge in [-0.15, -0.1) is 0 Å². The summed E-state index contributed by atoms with van der Waals surface area (Å²) in [6, 6.07) is 6.25. The Hall–Kier alpha value is -1.20. The number of hydrogen-bond donors (Lipinski definition) is 2. The van der Waals surface area contributed by atoms with Crippen molar-refractivity contribution in [3.05, 3.63) is 23.8 Å². The SMILES string of the molecule is Cc1cc(NC(=O)CCS)cc(N2CCN(C)CC2)c1. The summed E-state index contributed by atoms with van der Waals surface area (Å²) in [5.41, 5.74) is 3.24. The second-order valence-corrected chi connectivity index (χ2v) is 5.82. The van der Waals surface area contributed by atoms with Gasteiger partial charge >= 0.3 is 0 Å². The van der Waals surface area contributed by atoms with Gasteiger partial charge in [-0.1, -0.05) is 0 Å². The van der Waals surface area contributed by atoms with E-state index in [2.05, 4.69) is 53.8 Å². The number of amides is 1. The minimum atomic E-state index is 0.0231. The average Bonchev–Trinajstić information content (AvgIpc) is 2.39. The van der Waals surface area contributed by atoms with E-state index in [-0.39, 0.29) is 5.91 Å². The standard InChI is InChI=1S/C15H23N3OS/c1-12-9-13(16-15(19)3-8-20)11-14(10-12)18-6-4-17(2)5-7-18/h9-11,20H,3-8H2,1-2H3,(H,16,19). The first-order valence-electron chi connectivity index (χ1n) is 7.04. The highest BCUT2D eigenvalue weighted by atomic mass is 32.1. The Morgan fingerprint density at radius 3 is 2.60 bits per heavy atom. The lowest BCUT2D eigenvalue weighted by Gasteiger charge is -2.34. The van der Waals surface area contributed by atoms with Crippen LogP contribution in [0.25, 0.3) is 0 Å². The Labute approximate surface area is 126 Å². The Morgan fingerprint density at radius 1 is 1.25 bits per heavy atom. The van der Waals surface area contributed by atoms with Gasteiger partial charge in [-0.2, -0.15) is 12.6 Å². The molecule has 0 spiro atoms. The number of aryl methyl sites for hydroxylation is 1. The van der Waals surface area contributed by atoms with Crippen molar-refractivity contribution < 1.29 is 4.79 Å². The third-order valence-electron chi connectivity index (χ3n) is 3.55. The van der Waals surface area contributed by atoms with Crippen molar-refractivity contribution in [1.29, 1.82) is 0 Å². The lowest BCUT2D eigenvalue weighted by Crippen LogP contribution is -2.44. The molecule has 0 aromatic heterocycles. The van der Waals surface area contributed by atoms with E-state index in [0.717, 1.165) is 31.9 Å². The summed E-state index contributed by atoms with van der Waals surface area (Å²) < 4.78 is 0. The number of carbonyl (C=O) groups is 1. The van der Waals surface area contributed by atoms with Crippen LogP contribution in [0.5, 0.6) is 0 Å². The molecule has 110 valence electrons. The van der Waals surface area contributed by atoms with Crippen LogP contribution in [0.2, 0.25) is 0 Å². The van der Waals surface area contributed by atoms with Crippen molar-refractivity contribution in [1.82, 2.24) is 4.90 Å². The van der Waals surface area contributed by atoms with Gasteiger partial charge in [0.25, 0.3) is 0 Å². The molecule has 1 N–H and O–H groups in total. The number of hydrogen-bond acceptors (Lipinski definition) is 4. The minimum Gasteiger partial charge on any atom is -0.369 e. The van der Waals surface area contributed by atoms with Crippen LogP contribution in [0.1, 0.15) is 12.0 Å². The molecule has 1 aromatic carbocycles. The topological polar surface area (TPSA) is 35.6 Å². The highest BCUT2D eigenvalue weighted by molar-refractivity contribution is 7.80. The average molecular weight is 293 g/mol. The highest BCUT2D eigenvalue weighted by Crippen LogP contribution is 2.23. The van der Waals surface area contributed by atoms with Crippen LogP contribution in [-0.4, -0.2) is 49.8 Å². The molecule has 0 aliphatic carbocycles. The molecule has 0 bridgehead atoms. The van der Waals surface area contributed by atoms with Crippen LogP contribution < -0.4 is 10.2 Å². The van der Waals surface area contributed by atoms with Gasteiger partial charge in [0.05, 0.1) is 0 Å². The number of thiol groups is 1. The molecule has 1 aliphatic rings. The van der Waals surface area contributed by atoms with Gasteiger partial charge in [-0.25, -0.2) is 0 Å². The predicted molar refractivity (Wildman–Crippen MR) is 88.0 cm³/mol. The van der Waals surface area contributed by atoms with Crippen molar-refractivity contribution in [3.63, 3.8) is 0 Å². The smallest absolute Gasteiger partial charge is 0.225 e. The molecule has 1 saturated heterocycles. The second-order valence-electron chi connectivity index (χ2n) is 5.37. The molecule has 1 aromatic rings. The van der Waals surface area contributed by atoms with Crippen LogP contribution in [-0.2, 0) is 4.79 Å². The van der Waals surface area contributed by atoms with Gasteiger partial charge < -0.3 is 15.1 Å². The third-order valence-corrected chi connectivity index (χ3v) is 3.78. The molecule has 1 amide bonds. The number of likely N-dealkylation sites (N-methyl/N-ethyl adjacent to an activating group) is 1. The Bertz CT molecular complexity index is 470. The Balaban J connectivity index is 2.10. The number of nitrogens with zero attached hydrogens (tertiary/aromatic N) is 2. The molecule has 1 fully saturated rings. The second kappa shape index (κ2) is 6.99. The summed E-state index contributed by atoms with van der Waals surface area (Å²) in [7, 11) is 2.15. The molecule has 1 heterocycles. The fraction of sp³-hybridized carbons (Fsp3) is 0.533. The first-order valence-corrected chi connectivity index (χ1v) is 7.67. The molecule has 0 radical (unpaired) electrons. The third kappa shape index (κ3) is 4.15. The summed E-state index contributed by atoms with van der Waals surface area (Å²) in [5, 5.41) is 2.95. The van der Waals surface area contributed by atoms with Gasteiger partial charge in [0.1, 0.15) is 0 Å². The first kappa shape index (κ1) is 15.2. The van der Waals surface area contributed by atoms with Crippen LogP contribution in [0.3, 0.4) is 0 Å². The molecule has 5 heteroatoms. The summed E-state index contributed by atoms with van der Waals surface area (Å²) in [6.45, 7) is 6.28. The van der Waals surface area contributed by atoms with Crippen molar-refractivity contribution >= 4 is 29.9 Å². The van der Waals surface area contributed by atoms with E-state index in [9.17, 15) is 4.79 Å². The first-order chi connectivity index (χ1) is 9.58. The van der Waals surface area contributed by atoms with Gasteiger partial charge in [0.2, 0.25) is 5.91 Å². The van der Waals surface area contributed by atoms with E-state index < -0.39 is 0 Å². The van der Waals surface area contributed by atoms with Crippen molar-refractivity contribution in [2.24, 2.45) is 0 Å². The van der Waals surface area contributed by atoms with Gasteiger partial charge in [-0.05, 0) is 43.5 Å². The van der Waals surface area contributed by atoms with Crippen molar-refractivity contribution in [2.75, 3.05) is 49.2 Å². The molecule has 1 aliphatic heterocycles. The molecule has 20 heavy (non-hydrogen) atoms. The van der Waals surface area contributed by atoms with Crippen molar-refractivity contribution in [2.45, 2.75) is 13.3 Å². The van der Waals surface area contributed by atoms with E-state index in [1.165, 1.54) is 11.3 Å². The maximum absolute atomic E-state index is 11.7. The van der Waals surface area contributed by atoms with Crippen LogP contribution in [0, 0.1) is 6.92 Å². The molecular formula is C15H23N3OS. The lowest BCUT2D eigenvalue weighted by atomic mass is 10.1. The largest absolute Gasteiger partial charge is 0.369 e. The highest BCUT2D eigenvalue weighted by Gasteiger charge is 2.15. The normalized spacial score (nSPS) is 16.2. The minimum absolute atomic E-state index is 0.0231. The summed E-state index contributed by atoms with van der Waals surface area (Å²) in [4.78, 5) is 16.4. The number of rotatable bonds is 4.